The van der Waals surface area contributed by atoms with Gasteiger partial charge >= 0.3 is 0 Å². The van der Waals surface area contributed by atoms with Crippen LogP contribution in [0.3, 0.4) is 0 Å². The van der Waals surface area contributed by atoms with Gasteiger partial charge < -0.3 is 14.2 Å². The average molecular weight is 721 g/mol. The summed E-state index contributed by atoms with van der Waals surface area (Å²) in [6.07, 6.45) is 0.890. The third-order valence-electron chi connectivity index (χ3n) is 11.1. The third-order valence-corrected chi connectivity index (χ3v) is 11.1. The molecule has 0 aliphatic carbocycles. The third kappa shape index (κ3) is 5.68. The highest BCUT2D eigenvalue weighted by Gasteiger charge is 2.24. The second kappa shape index (κ2) is 14.0. The van der Waals surface area contributed by atoms with Crippen molar-refractivity contribution in [2.75, 3.05) is 9.80 Å². The number of hydrogen-bond acceptors (Lipinski definition) is 3. The summed E-state index contributed by atoms with van der Waals surface area (Å²) in [7, 11) is 0. The molecule has 0 aliphatic heterocycles. The van der Waals surface area contributed by atoms with Crippen LogP contribution in [0.4, 0.5) is 34.1 Å². The predicted octanol–water partition coefficient (Wildman–Crippen LogP) is 15.4. The van der Waals surface area contributed by atoms with Gasteiger partial charge in [0.25, 0.3) is 0 Å². The normalized spacial score (nSPS) is 11.5. The zero-order valence-corrected chi connectivity index (χ0v) is 31.5. The van der Waals surface area contributed by atoms with Crippen LogP contribution >= 0.6 is 0 Å². The molecule has 0 fully saturated rings. The molecule has 0 N–H and O–H groups in total. The molecule has 0 spiro atoms. The average Bonchev–Trinajstić information content (AvgIpc) is 3.64. The van der Waals surface area contributed by atoms with Gasteiger partial charge in [0.05, 0.1) is 11.4 Å². The topological polar surface area (TPSA) is 19.6 Å². The number of anilines is 6. The highest BCUT2D eigenvalue weighted by atomic mass is 16.3. The zero-order valence-electron chi connectivity index (χ0n) is 31.5. The lowest BCUT2D eigenvalue weighted by molar-refractivity contribution is 0.669. The SMILES string of the molecule is CCc1cc(-c2ccc3oc4ccccc4c3c2)cc2ccc3c(N(c4ccccc4)c4ccccc4)cc(N(c4ccccc4)c4ccccc4)c(C)c3c12. The van der Waals surface area contributed by atoms with E-state index >= 15 is 0 Å². The standard InChI is InChI=1S/C53H40N2O/c1-3-37-32-40(38-29-31-51-47(34-38)45-26-16-17-27-50(45)56-51)33-39-28-30-46-49(55(43-22-12-6-13-23-43)44-24-14-7-15-25-44)35-48(36(2)52(46)53(37)39)54(41-18-8-4-9-19-41)42-20-10-5-11-21-42/h4-35H,3H2,1-2H3. The molecule has 9 aromatic carbocycles. The van der Waals surface area contributed by atoms with E-state index in [0.717, 1.165) is 62.5 Å². The fraction of sp³-hybridized carbons (Fsp3) is 0.0566. The smallest absolute Gasteiger partial charge is 0.135 e. The molecular formula is C53H40N2O. The molecule has 0 atom stereocenters. The van der Waals surface area contributed by atoms with Crippen molar-refractivity contribution in [3.05, 3.63) is 205 Å². The van der Waals surface area contributed by atoms with E-state index in [1.54, 1.807) is 0 Å². The van der Waals surface area contributed by atoms with Gasteiger partial charge in [-0.05, 0) is 131 Å². The Hall–Kier alpha value is -7.10. The van der Waals surface area contributed by atoms with Crippen molar-refractivity contribution in [1.29, 1.82) is 0 Å². The van der Waals surface area contributed by atoms with E-state index in [1.807, 2.05) is 12.1 Å². The van der Waals surface area contributed by atoms with E-state index in [-0.39, 0.29) is 0 Å². The van der Waals surface area contributed by atoms with Crippen LogP contribution < -0.4 is 9.80 Å². The maximum Gasteiger partial charge on any atom is 0.135 e. The van der Waals surface area contributed by atoms with E-state index in [2.05, 4.69) is 206 Å². The number of furan rings is 1. The molecule has 0 amide bonds. The largest absolute Gasteiger partial charge is 0.456 e. The molecule has 0 radical (unpaired) electrons. The molecule has 3 nitrogen and oxygen atoms in total. The molecule has 0 saturated carbocycles. The minimum atomic E-state index is 0.890. The fourth-order valence-corrected chi connectivity index (χ4v) is 8.53. The van der Waals surface area contributed by atoms with Gasteiger partial charge in [0.1, 0.15) is 11.2 Å². The Balaban J connectivity index is 1.29. The van der Waals surface area contributed by atoms with Gasteiger partial charge in [0.15, 0.2) is 0 Å². The Labute approximate surface area is 327 Å². The fourth-order valence-electron chi connectivity index (χ4n) is 8.53. The van der Waals surface area contributed by atoms with E-state index in [1.165, 1.54) is 43.8 Å². The lowest BCUT2D eigenvalue weighted by atomic mass is 9.88. The molecular weight excluding hydrogens is 681 g/mol. The number of hydrogen-bond donors (Lipinski definition) is 0. The minimum absolute atomic E-state index is 0.890. The van der Waals surface area contributed by atoms with Crippen molar-refractivity contribution >= 4 is 77.6 Å². The quantitative estimate of drug-likeness (QED) is 0.146. The van der Waals surface area contributed by atoms with E-state index < -0.39 is 0 Å². The van der Waals surface area contributed by atoms with Crippen molar-refractivity contribution in [2.24, 2.45) is 0 Å². The van der Waals surface area contributed by atoms with Crippen LogP contribution in [-0.4, -0.2) is 0 Å². The van der Waals surface area contributed by atoms with Crippen molar-refractivity contribution < 1.29 is 4.42 Å². The summed E-state index contributed by atoms with van der Waals surface area (Å²) in [4.78, 5) is 4.82. The molecule has 3 heteroatoms. The molecule has 0 unspecified atom stereocenters. The van der Waals surface area contributed by atoms with Gasteiger partial charge in [-0.1, -0.05) is 122 Å². The van der Waals surface area contributed by atoms with Crippen molar-refractivity contribution in [2.45, 2.75) is 20.3 Å². The summed E-state index contributed by atoms with van der Waals surface area (Å²) in [5, 5.41) is 7.29. The maximum absolute atomic E-state index is 6.20. The number of rotatable bonds is 8. The summed E-state index contributed by atoms with van der Waals surface area (Å²) in [6.45, 7) is 4.59. The summed E-state index contributed by atoms with van der Waals surface area (Å²) >= 11 is 0. The van der Waals surface area contributed by atoms with Crippen LogP contribution in [0.2, 0.25) is 0 Å². The summed E-state index contributed by atoms with van der Waals surface area (Å²) in [5.74, 6) is 0. The van der Waals surface area contributed by atoms with Gasteiger partial charge in [-0.15, -0.1) is 0 Å². The number of fused-ring (bicyclic) bond motifs is 6. The molecule has 1 aromatic heterocycles. The van der Waals surface area contributed by atoms with Crippen molar-refractivity contribution in [3.63, 3.8) is 0 Å². The van der Waals surface area contributed by atoms with Crippen LogP contribution in [0.25, 0.3) is 54.6 Å². The lowest BCUT2D eigenvalue weighted by Gasteiger charge is -2.32. The Morgan fingerprint density at radius 1 is 0.411 bits per heavy atom. The van der Waals surface area contributed by atoms with E-state index in [4.69, 9.17) is 4.42 Å². The first-order valence-electron chi connectivity index (χ1n) is 19.4. The first kappa shape index (κ1) is 33.5. The number of benzene rings is 9. The molecule has 268 valence electrons. The Morgan fingerprint density at radius 3 is 1.54 bits per heavy atom. The van der Waals surface area contributed by atoms with Gasteiger partial charge in [-0.25, -0.2) is 0 Å². The Kier molecular flexibility index (Phi) is 8.34. The van der Waals surface area contributed by atoms with E-state index in [0.29, 0.717) is 0 Å². The first-order valence-corrected chi connectivity index (χ1v) is 19.4. The zero-order chi connectivity index (χ0) is 37.6. The molecule has 0 aliphatic rings. The van der Waals surface area contributed by atoms with Crippen LogP contribution in [0.15, 0.2) is 199 Å². The van der Waals surface area contributed by atoms with E-state index in [9.17, 15) is 0 Å². The highest BCUT2D eigenvalue weighted by molar-refractivity contribution is 6.18. The number of para-hydroxylation sites is 5. The van der Waals surface area contributed by atoms with Crippen LogP contribution in [0.1, 0.15) is 18.1 Å². The number of nitrogens with zero attached hydrogens (tertiary/aromatic N) is 2. The van der Waals surface area contributed by atoms with Crippen LogP contribution in [0, 0.1) is 6.92 Å². The maximum atomic E-state index is 6.20. The monoisotopic (exact) mass is 720 g/mol. The molecule has 56 heavy (non-hydrogen) atoms. The second-order valence-electron chi connectivity index (χ2n) is 14.4. The molecule has 10 rings (SSSR count). The molecule has 1 heterocycles. The van der Waals surface area contributed by atoms with Crippen molar-refractivity contribution in [1.82, 2.24) is 0 Å². The van der Waals surface area contributed by atoms with Gasteiger partial charge in [-0.2, -0.15) is 0 Å². The Bertz CT molecular complexity index is 2930. The highest BCUT2D eigenvalue weighted by Crippen LogP contribution is 2.49. The van der Waals surface area contributed by atoms with Crippen LogP contribution in [-0.2, 0) is 6.42 Å². The van der Waals surface area contributed by atoms with Gasteiger partial charge in [-0.3, -0.25) is 0 Å². The first-order chi connectivity index (χ1) is 27.7. The van der Waals surface area contributed by atoms with Gasteiger partial charge in [0.2, 0.25) is 0 Å². The predicted molar refractivity (Wildman–Crippen MR) is 238 cm³/mol. The van der Waals surface area contributed by atoms with Gasteiger partial charge in [0, 0.05) is 38.9 Å². The lowest BCUT2D eigenvalue weighted by Crippen LogP contribution is -2.15. The molecule has 0 saturated heterocycles. The second-order valence-corrected chi connectivity index (χ2v) is 14.4. The molecule has 0 bridgehead atoms. The summed E-state index contributed by atoms with van der Waals surface area (Å²) in [6, 6.07) is 69.7. The summed E-state index contributed by atoms with van der Waals surface area (Å²) < 4.78 is 6.20. The minimum Gasteiger partial charge on any atom is -0.456 e. The summed E-state index contributed by atoms with van der Waals surface area (Å²) in [5.41, 5.74) is 13.5. The number of aryl methyl sites for hydroxylation is 2. The molecule has 10 aromatic rings. The Morgan fingerprint density at radius 2 is 0.946 bits per heavy atom. The van der Waals surface area contributed by atoms with Crippen LogP contribution in [0.5, 0.6) is 0 Å². The van der Waals surface area contributed by atoms with Crippen molar-refractivity contribution in [3.8, 4) is 11.1 Å².